The SMILES string of the molecule is COc1ccc(C[NH+](C)CC(=O)Nc2ccc(Br)cc2C)c(OC)c1. The minimum Gasteiger partial charge on any atom is -0.497 e. The molecule has 1 atom stereocenters. The van der Waals surface area contributed by atoms with Gasteiger partial charge in [0.1, 0.15) is 18.0 Å². The first kappa shape index (κ1) is 19.3. The summed E-state index contributed by atoms with van der Waals surface area (Å²) in [5.74, 6) is 1.50. The minimum absolute atomic E-state index is 0.0181. The monoisotopic (exact) mass is 407 g/mol. The molecule has 0 saturated carbocycles. The van der Waals surface area contributed by atoms with E-state index in [2.05, 4.69) is 21.2 Å². The van der Waals surface area contributed by atoms with Gasteiger partial charge in [-0.25, -0.2) is 0 Å². The minimum atomic E-state index is -0.0181. The molecular formula is C19H24BrN2O3+. The summed E-state index contributed by atoms with van der Waals surface area (Å²) in [7, 11) is 5.24. The molecule has 0 aromatic heterocycles. The van der Waals surface area contributed by atoms with Crippen molar-refractivity contribution in [2.45, 2.75) is 13.5 Å². The van der Waals surface area contributed by atoms with Crippen LogP contribution in [0.4, 0.5) is 5.69 Å². The number of likely N-dealkylation sites (N-methyl/N-ethyl adjacent to an activating group) is 1. The number of hydrogen-bond donors (Lipinski definition) is 2. The number of ether oxygens (including phenoxy) is 2. The Labute approximate surface area is 157 Å². The van der Waals surface area contributed by atoms with Crippen LogP contribution in [0.3, 0.4) is 0 Å². The van der Waals surface area contributed by atoms with Crippen LogP contribution >= 0.6 is 15.9 Å². The first-order chi connectivity index (χ1) is 11.9. The zero-order valence-electron chi connectivity index (χ0n) is 15.0. The summed E-state index contributed by atoms with van der Waals surface area (Å²) in [4.78, 5) is 13.4. The molecular weight excluding hydrogens is 384 g/mol. The number of amides is 1. The molecule has 0 radical (unpaired) electrons. The fraction of sp³-hybridized carbons (Fsp3) is 0.316. The average Bonchev–Trinajstić information content (AvgIpc) is 2.57. The van der Waals surface area contributed by atoms with E-state index in [0.717, 1.165) is 37.7 Å². The van der Waals surface area contributed by atoms with Gasteiger partial charge in [0, 0.05) is 21.8 Å². The van der Waals surface area contributed by atoms with Crippen molar-refractivity contribution >= 4 is 27.5 Å². The van der Waals surface area contributed by atoms with Crippen LogP contribution < -0.4 is 19.7 Å². The molecule has 25 heavy (non-hydrogen) atoms. The molecule has 0 aliphatic heterocycles. The van der Waals surface area contributed by atoms with Crippen LogP contribution in [0.2, 0.25) is 0 Å². The molecule has 0 heterocycles. The maximum Gasteiger partial charge on any atom is 0.279 e. The maximum absolute atomic E-state index is 12.3. The van der Waals surface area contributed by atoms with E-state index in [0.29, 0.717) is 13.1 Å². The molecule has 6 heteroatoms. The lowest BCUT2D eigenvalue weighted by Crippen LogP contribution is -3.08. The Balaban J connectivity index is 1.97. The molecule has 134 valence electrons. The number of hydrogen-bond acceptors (Lipinski definition) is 3. The molecule has 2 rings (SSSR count). The van der Waals surface area contributed by atoms with E-state index in [1.165, 1.54) is 0 Å². The predicted octanol–water partition coefficient (Wildman–Crippen LogP) is 2.43. The van der Waals surface area contributed by atoms with Crippen LogP contribution in [-0.4, -0.2) is 33.7 Å². The lowest BCUT2D eigenvalue weighted by Gasteiger charge is -2.17. The van der Waals surface area contributed by atoms with Gasteiger partial charge in [-0.3, -0.25) is 4.79 Å². The lowest BCUT2D eigenvalue weighted by atomic mass is 10.1. The third-order valence-corrected chi connectivity index (χ3v) is 4.40. The van der Waals surface area contributed by atoms with E-state index in [1.54, 1.807) is 14.2 Å². The number of methoxy groups -OCH3 is 2. The molecule has 5 nitrogen and oxygen atoms in total. The largest absolute Gasteiger partial charge is 0.497 e. The van der Waals surface area contributed by atoms with Crippen LogP contribution in [0.15, 0.2) is 40.9 Å². The summed E-state index contributed by atoms with van der Waals surface area (Å²) >= 11 is 3.43. The quantitative estimate of drug-likeness (QED) is 0.740. The normalized spacial score (nSPS) is 11.7. The van der Waals surface area contributed by atoms with Crippen molar-refractivity contribution in [1.29, 1.82) is 0 Å². The number of nitrogens with one attached hydrogen (secondary N) is 2. The van der Waals surface area contributed by atoms with E-state index < -0.39 is 0 Å². The summed E-state index contributed by atoms with van der Waals surface area (Å²) in [6.45, 7) is 3.02. The zero-order chi connectivity index (χ0) is 18.4. The Kier molecular flexibility index (Phi) is 6.84. The van der Waals surface area contributed by atoms with Crippen molar-refractivity contribution in [2.75, 3.05) is 33.1 Å². The number of benzene rings is 2. The number of carbonyl (C=O) groups is 1. The number of aryl methyl sites for hydroxylation is 1. The van der Waals surface area contributed by atoms with E-state index in [1.807, 2.05) is 50.4 Å². The second kappa shape index (κ2) is 8.87. The average molecular weight is 408 g/mol. The highest BCUT2D eigenvalue weighted by Crippen LogP contribution is 2.24. The van der Waals surface area contributed by atoms with Crippen LogP contribution in [0, 0.1) is 6.92 Å². The maximum atomic E-state index is 12.3. The van der Waals surface area contributed by atoms with Crippen molar-refractivity contribution < 1.29 is 19.2 Å². The van der Waals surface area contributed by atoms with Crippen LogP contribution in [0.25, 0.3) is 0 Å². The summed E-state index contributed by atoms with van der Waals surface area (Å²) in [5, 5.41) is 2.97. The van der Waals surface area contributed by atoms with E-state index in [9.17, 15) is 4.79 Å². The van der Waals surface area contributed by atoms with Gasteiger partial charge in [0.15, 0.2) is 6.54 Å². The molecule has 1 amide bonds. The molecule has 2 aromatic rings. The van der Waals surface area contributed by atoms with Crippen LogP contribution in [0.1, 0.15) is 11.1 Å². The Bertz CT molecular complexity index is 749. The third kappa shape index (κ3) is 5.47. The van der Waals surface area contributed by atoms with E-state index >= 15 is 0 Å². The van der Waals surface area contributed by atoms with Crippen molar-refractivity contribution in [3.63, 3.8) is 0 Å². The molecule has 1 unspecified atom stereocenters. The molecule has 2 aromatic carbocycles. The zero-order valence-corrected chi connectivity index (χ0v) is 16.6. The molecule has 0 spiro atoms. The number of carbonyl (C=O) groups excluding carboxylic acids is 1. The van der Waals surface area contributed by atoms with Gasteiger partial charge in [0.05, 0.1) is 21.3 Å². The summed E-state index contributed by atoms with van der Waals surface area (Å²) in [6.07, 6.45) is 0. The standard InChI is InChI=1S/C19H23BrN2O3/c1-13-9-15(20)6-8-17(13)21-19(23)12-22(2)11-14-5-7-16(24-3)10-18(14)25-4/h5-10H,11-12H2,1-4H3,(H,21,23)/p+1. The molecule has 0 saturated heterocycles. The van der Waals surface area contributed by atoms with Crippen molar-refractivity contribution in [2.24, 2.45) is 0 Å². The van der Waals surface area contributed by atoms with Gasteiger partial charge in [-0.1, -0.05) is 15.9 Å². The highest BCUT2D eigenvalue weighted by Gasteiger charge is 2.15. The number of anilines is 1. The van der Waals surface area contributed by atoms with Gasteiger partial charge >= 0.3 is 0 Å². The van der Waals surface area contributed by atoms with E-state index in [4.69, 9.17) is 9.47 Å². The molecule has 2 N–H and O–H groups in total. The predicted molar refractivity (Wildman–Crippen MR) is 103 cm³/mol. The number of quaternary nitrogens is 1. The third-order valence-electron chi connectivity index (χ3n) is 3.91. The smallest absolute Gasteiger partial charge is 0.279 e. The fourth-order valence-electron chi connectivity index (χ4n) is 2.62. The van der Waals surface area contributed by atoms with Gasteiger partial charge in [-0.15, -0.1) is 0 Å². The highest BCUT2D eigenvalue weighted by molar-refractivity contribution is 9.10. The summed E-state index contributed by atoms with van der Waals surface area (Å²) in [6, 6.07) is 11.5. The first-order valence-electron chi connectivity index (χ1n) is 8.01. The second-order valence-corrected chi connectivity index (χ2v) is 6.91. The van der Waals surface area contributed by atoms with Gasteiger partial charge in [0.2, 0.25) is 0 Å². The lowest BCUT2D eigenvalue weighted by molar-refractivity contribution is -0.885. The summed E-state index contributed by atoms with van der Waals surface area (Å²) in [5.41, 5.74) is 2.90. The fourth-order valence-corrected chi connectivity index (χ4v) is 3.10. The molecule has 0 bridgehead atoms. The van der Waals surface area contributed by atoms with Crippen LogP contribution in [-0.2, 0) is 11.3 Å². The topological polar surface area (TPSA) is 52.0 Å². The van der Waals surface area contributed by atoms with Gasteiger partial charge < -0.3 is 19.7 Å². The number of rotatable bonds is 7. The Morgan fingerprint density at radius 3 is 2.56 bits per heavy atom. The van der Waals surface area contributed by atoms with Gasteiger partial charge in [0.25, 0.3) is 5.91 Å². The molecule has 0 aliphatic carbocycles. The molecule has 0 fully saturated rings. The van der Waals surface area contributed by atoms with Crippen LogP contribution in [0.5, 0.6) is 11.5 Å². The van der Waals surface area contributed by atoms with Gasteiger partial charge in [-0.2, -0.15) is 0 Å². The van der Waals surface area contributed by atoms with Crippen molar-refractivity contribution in [3.8, 4) is 11.5 Å². The number of halogens is 1. The van der Waals surface area contributed by atoms with Crippen molar-refractivity contribution in [3.05, 3.63) is 52.0 Å². The van der Waals surface area contributed by atoms with Gasteiger partial charge in [-0.05, 0) is 42.8 Å². The van der Waals surface area contributed by atoms with E-state index in [-0.39, 0.29) is 5.91 Å². The Morgan fingerprint density at radius 2 is 1.92 bits per heavy atom. The first-order valence-corrected chi connectivity index (χ1v) is 8.80. The second-order valence-electron chi connectivity index (χ2n) is 6.00. The highest BCUT2D eigenvalue weighted by atomic mass is 79.9. The molecule has 0 aliphatic rings. The van der Waals surface area contributed by atoms with Crippen molar-refractivity contribution in [1.82, 2.24) is 0 Å². The Hall–Kier alpha value is -2.05. The summed E-state index contributed by atoms with van der Waals surface area (Å²) < 4.78 is 11.6. The Morgan fingerprint density at radius 1 is 1.16 bits per heavy atom.